The summed E-state index contributed by atoms with van der Waals surface area (Å²) in [4.78, 5) is 11.0. The summed E-state index contributed by atoms with van der Waals surface area (Å²) in [5, 5.41) is 0. The maximum absolute atomic E-state index is 11.0. The molecule has 0 aliphatic rings. The largest absolute Gasteiger partial charge is 0.489 e. The molecule has 0 fully saturated rings. The molecular weight excluding hydrogens is 238 g/mol. The maximum Gasteiger partial charge on any atom is 0.248 e. The Labute approximate surface area is 113 Å². The quantitative estimate of drug-likeness (QED) is 0.893. The van der Waals surface area contributed by atoms with E-state index in [1.165, 1.54) is 5.56 Å². The summed E-state index contributed by atoms with van der Waals surface area (Å²) in [5.41, 5.74) is 7.91. The van der Waals surface area contributed by atoms with E-state index in [2.05, 4.69) is 13.0 Å². The molecule has 98 valence electrons. The SMILES string of the molecule is CCc1ccccc1OCc1ccc(C(N)=O)cc1. The number of rotatable bonds is 5. The van der Waals surface area contributed by atoms with Gasteiger partial charge in [-0.15, -0.1) is 0 Å². The van der Waals surface area contributed by atoms with Crippen LogP contribution >= 0.6 is 0 Å². The molecule has 3 heteroatoms. The van der Waals surface area contributed by atoms with Crippen LogP contribution in [0.1, 0.15) is 28.4 Å². The molecule has 0 aromatic heterocycles. The Balaban J connectivity index is 2.04. The van der Waals surface area contributed by atoms with Gasteiger partial charge in [-0.2, -0.15) is 0 Å². The lowest BCUT2D eigenvalue weighted by molar-refractivity contribution is 0.1000. The van der Waals surface area contributed by atoms with E-state index in [-0.39, 0.29) is 0 Å². The van der Waals surface area contributed by atoms with Gasteiger partial charge in [0, 0.05) is 5.56 Å². The summed E-state index contributed by atoms with van der Waals surface area (Å²) in [6.07, 6.45) is 0.941. The van der Waals surface area contributed by atoms with Crippen molar-refractivity contribution in [3.63, 3.8) is 0 Å². The van der Waals surface area contributed by atoms with Gasteiger partial charge >= 0.3 is 0 Å². The van der Waals surface area contributed by atoms with Crippen LogP contribution in [0.15, 0.2) is 48.5 Å². The van der Waals surface area contributed by atoms with Gasteiger partial charge < -0.3 is 10.5 Å². The van der Waals surface area contributed by atoms with Gasteiger partial charge in [-0.25, -0.2) is 0 Å². The average molecular weight is 255 g/mol. The monoisotopic (exact) mass is 255 g/mol. The van der Waals surface area contributed by atoms with Crippen LogP contribution in [0.3, 0.4) is 0 Å². The lowest BCUT2D eigenvalue weighted by atomic mass is 10.1. The van der Waals surface area contributed by atoms with Crippen molar-refractivity contribution in [1.82, 2.24) is 0 Å². The maximum atomic E-state index is 11.0. The molecule has 0 heterocycles. The summed E-state index contributed by atoms with van der Waals surface area (Å²) < 4.78 is 5.80. The first-order valence-electron chi connectivity index (χ1n) is 6.30. The Bertz CT molecular complexity index is 561. The molecule has 2 aromatic rings. The minimum Gasteiger partial charge on any atom is -0.489 e. The Hall–Kier alpha value is -2.29. The zero-order chi connectivity index (χ0) is 13.7. The summed E-state index contributed by atoms with van der Waals surface area (Å²) in [6.45, 7) is 2.58. The number of para-hydroxylation sites is 1. The number of carbonyl (C=O) groups excluding carboxylic acids is 1. The number of amides is 1. The standard InChI is InChI=1S/C16H17NO2/c1-2-13-5-3-4-6-15(13)19-11-12-7-9-14(10-8-12)16(17)18/h3-10H,2,11H2,1H3,(H2,17,18). The number of nitrogens with two attached hydrogens (primary N) is 1. The number of hydrogen-bond donors (Lipinski definition) is 1. The average Bonchev–Trinajstić information content (AvgIpc) is 2.45. The van der Waals surface area contributed by atoms with Crippen molar-refractivity contribution in [3.8, 4) is 5.75 Å². The van der Waals surface area contributed by atoms with Crippen molar-refractivity contribution < 1.29 is 9.53 Å². The molecule has 0 saturated heterocycles. The number of primary amides is 1. The Kier molecular flexibility index (Phi) is 4.18. The number of aryl methyl sites for hydroxylation is 1. The molecule has 0 saturated carbocycles. The first-order valence-corrected chi connectivity index (χ1v) is 6.30. The highest BCUT2D eigenvalue weighted by atomic mass is 16.5. The first kappa shape index (κ1) is 13.1. The second kappa shape index (κ2) is 6.05. The smallest absolute Gasteiger partial charge is 0.248 e. The normalized spacial score (nSPS) is 10.2. The summed E-state index contributed by atoms with van der Waals surface area (Å²) in [7, 11) is 0. The fraction of sp³-hybridized carbons (Fsp3) is 0.188. The van der Waals surface area contributed by atoms with Crippen LogP contribution in [-0.4, -0.2) is 5.91 Å². The number of benzene rings is 2. The highest BCUT2D eigenvalue weighted by molar-refractivity contribution is 5.92. The molecule has 3 nitrogen and oxygen atoms in total. The number of ether oxygens (including phenoxy) is 1. The highest BCUT2D eigenvalue weighted by Gasteiger charge is 2.03. The van der Waals surface area contributed by atoms with Gasteiger partial charge in [-0.05, 0) is 35.7 Å². The van der Waals surface area contributed by atoms with Gasteiger partial charge in [0.1, 0.15) is 12.4 Å². The van der Waals surface area contributed by atoms with Gasteiger partial charge in [0.2, 0.25) is 5.91 Å². The molecule has 2 N–H and O–H groups in total. The van der Waals surface area contributed by atoms with Crippen molar-refractivity contribution in [2.24, 2.45) is 5.73 Å². The molecule has 2 rings (SSSR count). The van der Waals surface area contributed by atoms with Crippen LogP contribution in [0.2, 0.25) is 0 Å². The van der Waals surface area contributed by atoms with Gasteiger partial charge in [0.05, 0.1) is 0 Å². The van der Waals surface area contributed by atoms with E-state index in [0.717, 1.165) is 17.7 Å². The minimum absolute atomic E-state index is 0.413. The summed E-state index contributed by atoms with van der Waals surface area (Å²) in [6, 6.07) is 15.1. The van der Waals surface area contributed by atoms with Crippen LogP contribution in [0, 0.1) is 0 Å². The van der Waals surface area contributed by atoms with E-state index >= 15 is 0 Å². The van der Waals surface area contributed by atoms with Crippen molar-refractivity contribution in [2.45, 2.75) is 20.0 Å². The Morgan fingerprint density at radius 2 is 1.79 bits per heavy atom. The van der Waals surface area contributed by atoms with Crippen molar-refractivity contribution in [2.75, 3.05) is 0 Å². The van der Waals surface area contributed by atoms with Crippen LogP contribution in [0.5, 0.6) is 5.75 Å². The molecule has 0 atom stereocenters. The van der Waals surface area contributed by atoms with E-state index in [1.807, 2.05) is 30.3 Å². The van der Waals surface area contributed by atoms with Crippen molar-refractivity contribution in [3.05, 3.63) is 65.2 Å². The Morgan fingerprint density at radius 3 is 2.42 bits per heavy atom. The van der Waals surface area contributed by atoms with E-state index < -0.39 is 5.91 Å². The molecule has 0 spiro atoms. The third-order valence-electron chi connectivity index (χ3n) is 2.99. The number of hydrogen-bond acceptors (Lipinski definition) is 2. The third kappa shape index (κ3) is 3.35. The summed E-state index contributed by atoms with van der Waals surface area (Å²) >= 11 is 0. The fourth-order valence-corrected chi connectivity index (χ4v) is 1.86. The predicted octanol–water partition coefficient (Wildman–Crippen LogP) is 2.93. The molecule has 2 aromatic carbocycles. The molecule has 0 bridgehead atoms. The van der Waals surface area contributed by atoms with Gasteiger partial charge in [-0.1, -0.05) is 37.3 Å². The zero-order valence-electron chi connectivity index (χ0n) is 10.9. The van der Waals surface area contributed by atoms with Crippen LogP contribution in [0.25, 0.3) is 0 Å². The topological polar surface area (TPSA) is 52.3 Å². The molecule has 0 aliphatic heterocycles. The molecular formula is C16H17NO2. The minimum atomic E-state index is -0.413. The summed E-state index contributed by atoms with van der Waals surface area (Å²) in [5.74, 6) is 0.493. The van der Waals surface area contributed by atoms with Crippen LogP contribution < -0.4 is 10.5 Å². The van der Waals surface area contributed by atoms with Crippen molar-refractivity contribution in [1.29, 1.82) is 0 Å². The van der Waals surface area contributed by atoms with E-state index in [9.17, 15) is 4.79 Å². The van der Waals surface area contributed by atoms with Gasteiger partial charge in [0.25, 0.3) is 0 Å². The molecule has 0 unspecified atom stereocenters. The lowest BCUT2D eigenvalue weighted by Crippen LogP contribution is -2.10. The Morgan fingerprint density at radius 1 is 1.11 bits per heavy atom. The van der Waals surface area contributed by atoms with Crippen LogP contribution in [0.4, 0.5) is 0 Å². The third-order valence-corrected chi connectivity index (χ3v) is 2.99. The second-order valence-corrected chi connectivity index (χ2v) is 4.31. The second-order valence-electron chi connectivity index (χ2n) is 4.31. The first-order chi connectivity index (χ1) is 9.20. The lowest BCUT2D eigenvalue weighted by Gasteiger charge is -2.10. The van der Waals surface area contributed by atoms with Gasteiger partial charge in [0.15, 0.2) is 0 Å². The predicted molar refractivity (Wildman–Crippen MR) is 75.1 cm³/mol. The molecule has 19 heavy (non-hydrogen) atoms. The molecule has 1 amide bonds. The van der Waals surface area contributed by atoms with E-state index in [4.69, 9.17) is 10.5 Å². The fourth-order valence-electron chi connectivity index (χ4n) is 1.86. The van der Waals surface area contributed by atoms with E-state index in [0.29, 0.717) is 12.2 Å². The van der Waals surface area contributed by atoms with Gasteiger partial charge in [-0.3, -0.25) is 4.79 Å². The molecule has 0 aliphatic carbocycles. The van der Waals surface area contributed by atoms with Crippen molar-refractivity contribution >= 4 is 5.91 Å². The van der Waals surface area contributed by atoms with E-state index in [1.54, 1.807) is 12.1 Å². The molecule has 0 radical (unpaired) electrons. The zero-order valence-corrected chi connectivity index (χ0v) is 10.9. The van der Waals surface area contributed by atoms with Crippen LogP contribution in [-0.2, 0) is 13.0 Å². The highest BCUT2D eigenvalue weighted by Crippen LogP contribution is 2.19. The number of carbonyl (C=O) groups is 1.